The van der Waals surface area contributed by atoms with E-state index in [2.05, 4.69) is 17.1 Å². The first-order valence-corrected chi connectivity index (χ1v) is 6.33. The van der Waals surface area contributed by atoms with Crippen LogP contribution in [0.1, 0.15) is 45.4 Å². The normalized spacial score (nSPS) is 28.9. The highest BCUT2D eigenvalue weighted by Crippen LogP contribution is 2.40. The van der Waals surface area contributed by atoms with Gasteiger partial charge in [-0.25, -0.2) is 0 Å². The molecule has 0 spiro atoms. The van der Waals surface area contributed by atoms with Crippen LogP contribution in [0.15, 0.2) is 0 Å². The predicted molar refractivity (Wildman–Crippen MR) is 60.5 cm³/mol. The summed E-state index contributed by atoms with van der Waals surface area (Å²) in [6.07, 6.45) is 8.40. The number of hydrogen-bond acceptors (Lipinski definition) is 2. The van der Waals surface area contributed by atoms with E-state index in [4.69, 9.17) is 0 Å². The van der Waals surface area contributed by atoms with E-state index in [9.17, 15) is 0 Å². The van der Waals surface area contributed by atoms with Crippen molar-refractivity contribution in [2.45, 2.75) is 51.0 Å². The van der Waals surface area contributed by atoms with E-state index in [1.54, 1.807) is 0 Å². The lowest BCUT2D eigenvalue weighted by Gasteiger charge is -2.51. The van der Waals surface area contributed by atoms with Crippen LogP contribution in [0.4, 0.5) is 0 Å². The Bertz CT molecular complexity index is 162. The smallest absolute Gasteiger partial charge is 0.0207 e. The Morgan fingerprint density at radius 2 is 1.71 bits per heavy atom. The predicted octanol–water partition coefficient (Wildman–Crippen LogP) is 2.00. The second kappa shape index (κ2) is 4.63. The molecular weight excluding hydrogens is 172 g/mol. The van der Waals surface area contributed by atoms with Crippen LogP contribution in [0.5, 0.6) is 0 Å². The Balaban J connectivity index is 1.92. The van der Waals surface area contributed by atoms with Crippen molar-refractivity contribution in [1.29, 1.82) is 0 Å². The molecule has 2 nitrogen and oxygen atoms in total. The van der Waals surface area contributed by atoms with Gasteiger partial charge in [0, 0.05) is 5.54 Å². The second-order valence-corrected chi connectivity index (χ2v) is 4.88. The Morgan fingerprint density at radius 3 is 2.14 bits per heavy atom. The highest BCUT2D eigenvalue weighted by atomic mass is 15.2. The van der Waals surface area contributed by atoms with Gasteiger partial charge in [0.1, 0.15) is 0 Å². The summed E-state index contributed by atoms with van der Waals surface area (Å²) < 4.78 is 0. The minimum Gasteiger partial charge on any atom is -0.317 e. The SMILES string of the molecule is CCC1(N2CCCNCCC2)CCC1. The third-order valence-corrected chi connectivity index (χ3v) is 4.18. The summed E-state index contributed by atoms with van der Waals surface area (Å²) in [4.78, 5) is 2.79. The van der Waals surface area contributed by atoms with Crippen molar-refractivity contribution < 1.29 is 0 Å². The fourth-order valence-electron chi connectivity index (χ4n) is 2.98. The van der Waals surface area contributed by atoms with Gasteiger partial charge in [-0.2, -0.15) is 0 Å². The van der Waals surface area contributed by atoms with Gasteiger partial charge in [-0.05, 0) is 64.7 Å². The van der Waals surface area contributed by atoms with Crippen molar-refractivity contribution >= 4 is 0 Å². The Hall–Kier alpha value is -0.0800. The zero-order valence-corrected chi connectivity index (χ0v) is 9.52. The molecule has 1 aliphatic heterocycles. The molecule has 0 bridgehead atoms. The maximum atomic E-state index is 3.49. The summed E-state index contributed by atoms with van der Waals surface area (Å²) in [7, 11) is 0. The molecule has 0 aromatic heterocycles. The fourth-order valence-corrected chi connectivity index (χ4v) is 2.98. The molecule has 1 N–H and O–H groups in total. The van der Waals surface area contributed by atoms with Crippen LogP contribution in [0.3, 0.4) is 0 Å². The first kappa shape index (κ1) is 10.4. The quantitative estimate of drug-likeness (QED) is 0.727. The van der Waals surface area contributed by atoms with Gasteiger partial charge < -0.3 is 5.32 Å². The third kappa shape index (κ3) is 1.96. The van der Waals surface area contributed by atoms with Crippen molar-refractivity contribution in [3.63, 3.8) is 0 Å². The lowest BCUT2D eigenvalue weighted by atomic mass is 9.73. The molecule has 14 heavy (non-hydrogen) atoms. The van der Waals surface area contributed by atoms with E-state index in [0.717, 1.165) is 0 Å². The largest absolute Gasteiger partial charge is 0.317 e. The van der Waals surface area contributed by atoms with Crippen LogP contribution in [-0.2, 0) is 0 Å². The van der Waals surface area contributed by atoms with Gasteiger partial charge in [0.05, 0.1) is 0 Å². The van der Waals surface area contributed by atoms with E-state index in [-0.39, 0.29) is 0 Å². The lowest BCUT2D eigenvalue weighted by Crippen LogP contribution is -2.55. The standard InChI is InChI=1S/C12H24N2/c1-2-12(6-3-7-12)14-10-4-8-13-9-5-11-14/h13H,2-11H2,1H3. The van der Waals surface area contributed by atoms with Crippen molar-refractivity contribution in [1.82, 2.24) is 10.2 Å². The molecule has 1 saturated heterocycles. The molecule has 1 aliphatic carbocycles. The lowest BCUT2D eigenvalue weighted by molar-refractivity contribution is 0.00804. The molecule has 1 heterocycles. The molecule has 0 aromatic carbocycles. The highest BCUT2D eigenvalue weighted by Gasteiger charge is 2.40. The average molecular weight is 196 g/mol. The van der Waals surface area contributed by atoms with E-state index in [1.807, 2.05) is 0 Å². The number of nitrogens with one attached hydrogen (secondary N) is 1. The van der Waals surface area contributed by atoms with Gasteiger partial charge in [0.2, 0.25) is 0 Å². The third-order valence-electron chi connectivity index (χ3n) is 4.18. The molecule has 1 saturated carbocycles. The van der Waals surface area contributed by atoms with Crippen LogP contribution in [0, 0.1) is 0 Å². The Kier molecular flexibility index (Phi) is 3.45. The van der Waals surface area contributed by atoms with Crippen molar-refractivity contribution in [3.8, 4) is 0 Å². The minimum absolute atomic E-state index is 0.622. The summed E-state index contributed by atoms with van der Waals surface area (Å²) in [5.41, 5.74) is 0.622. The molecule has 0 unspecified atom stereocenters. The average Bonchev–Trinajstić information content (AvgIpc) is 2.06. The number of hydrogen-bond donors (Lipinski definition) is 1. The molecule has 0 atom stereocenters. The van der Waals surface area contributed by atoms with Gasteiger partial charge in [0.15, 0.2) is 0 Å². The van der Waals surface area contributed by atoms with Crippen LogP contribution >= 0.6 is 0 Å². The summed E-state index contributed by atoms with van der Waals surface area (Å²) >= 11 is 0. The number of rotatable bonds is 2. The van der Waals surface area contributed by atoms with Gasteiger partial charge in [-0.1, -0.05) is 6.92 Å². The monoisotopic (exact) mass is 196 g/mol. The summed E-state index contributed by atoms with van der Waals surface area (Å²) in [6, 6.07) is 0. The Morgan fingerprint density at radius 1 is 1.07 bits per heavy atom. The molecule has 82 valence electrons. The summed E-state index contributed by atoms with van der Waals surface area (Å²) in [5, 5.41) is 3.49. The van der Waals surface area contributed by atoms with E-state index in [0.29, 0.717) is 5.54 Å². The van der Waals surface area contributed by atoms with Crippen molar-refractivity contribution in [2.24, 2.45) is 0 Å². The van der Waals surface area contributed by atoms with Crippen LogP contribution in [0.2, 0.25) is 0 Å². The van der Waals surface area contributed by atoms with Crippen LogP contribution in [0.25, 0.3) is 0 Å². The van der Waals surface area contributed by atoms with Crippen LogP contribution in [-0.4, -0.2) is 36.6 Å². The maximum absolute atomic E-state index is 3.49. The number of nitrogens with zero attached hydrogens (tertiary/aromatic N) is 1. The molecule has 2 heteroatoms. The zero-order valence-electron chi connectivity index (χ0n) is 9.52. The van der Waals surface area contributed by atoms with Crippen molar-refractivity contribution in [3.05, 3.63) is 0 Å². The fraction of sp³-hybridized carbons (Fsp3) is 1.00. The van der Waals surface area contributed by atoms with Gasteiger partial charge in [0.25, 0.3) is 0 Å². The first-order chi connectivity index (χ1) is 6.87. The topological polar surface area (TPSA) is 15.3 Å². The van der Waals surface area contributed by atoms with E-state index >= 15 is 0 Å². The minimum atomic E-state index is 0.622. The van der Waals surface area contributed by atoms with Gasteiger partial charge >= 0.3 is 0 Å². The van der Waals surface area contributed by atoms with E-state index in [1.165, 1.54) is 64.7 Å². The molecule has 0 radical (unpaired) electrons. The molecule has 0 amide bonds. The molecule has 2 aliphatic rings. The summed E-state index contributed by atoms with van der Waals surface area (Å²) in [5.74, 6) is 0. The Labute approximate surface area is 88.1 Å². The highest BCUT2D eigenvalue weighted by molar-refractivity contribution is 4.97. The van der Waals surface area contributed by atoms with E-state index < -0.39 is 0 Å². The maximum Gasteiger partial charge on any atom is 0.0207 e. The molecule has 0 aromatic rings. The van der Waals surface area contributed by atoms with Gasteiger partial charge in [-0.3, -0.25) is 4.90 Å². The van der Waals surface area contributed by atoms with Gasteiger partial charge in [-0.15, -0.1) is 0 Å². The van der Waals surface area contributed by atoms with Crippen LogP contribution < -0.4 is 5.32 Å². The zero-order chi connectivity index (χ0) is 9.86. The molecule has 2 fully saturated rings. The molecular formula is C12H24N2. The first-order valence-electron chi connectivity index (χ1n) is 6.33. The molecule has 2 rings (SSSR count). The summed E-state index contributed by atoms with van der Waals surface area (Å²) in [6.45, 7) is 7.45. The second-order valence-electron chi connectivity index (χ2n) is 4.88. The van der Waals surface area contributed by atoms with Crippen molar-refractivity contribution in [2.75, 3.05) is 26.2 Å².